The summed E-state index contributed by atoms with van der Waals surface area (Å²) in [4.78, 5) is 1.26. The largest absolute Gasteiger partial charge is 0.491 e. The molecule has 1 heterocycles. The molecule has 1 N–H and O–H groups in total. The lowest BCUT2D eigenvalue weighted by Gasteiger charge is -2.04. The van der Waals surface area contributed by atoms with E-state index in [1.54, 1.807) is 11.3 Å². The Labute approximate surface area is 115 Å². The van der Waals surface area contributed by atoms with Crippen molar-refractivity contribution in [1.29, 1.82) is 0 Å². The van der Waals surface area contributed by atoms with Crippen LogP contribution in [0.1, 0.15) is 0 Å². The van der Waals surface area contributed by atoms with Crippen LogP contribution in [0, 0.1) is 0 Å². The van der Waals surface area contributed by atoms with Gasteiger partial charge in [-0.1, -0.05) is 18.2 Å². The van der Waals surface area contributed by atoms with E-state index in [1.165, 1.54) is 20.5 Å². The predicted octanol–water partition coefficient (Wildman–Crippen LogP) is 3.94. The highest BCUT2D eigenvalue weighted by Crippen LogP contribution is 2.33. The van der Waals surface area contributed by atoms with E-state index in [4.69, 9.17) is 9.84 Å². The minimum atomic E-state index is 0.0397. The van der Waals surface area contributed by atoms with Crippen LogP contribution in [0.3, 0.4) is 0 Å². The number of hydrogen-bond acceptors (Lipinski definition) is 3. The van der Waals surface area contributed by atoms with Crippen molar-refractivity contribution in [2.45, 2.75) is 0 Å². The Morgan fingerprint density at radius 2 is 1.79 bits per heavy atom. The molecule has 3 aromatic rings. The van der Waals surface area contributed by atoms with Crippen molar-refractivity contribution in [3.8, 4) is 16.2 Å². The Morgan fingerprint density at radius 1 is 1.00 bits per heavy atom. The van der Waals surface area contributed by atoms with Gasteiger partial charge in [0.15, 0.2) is 0 Å². The Kier molecular flexibility index (Phi) is 3.49. The second-order valence-corrected chi connectivity index (χ2v) is 5.33. The summed E-state index contributed by atoms with van der Waals surface area (Å²) in [6.45, 7) is 0.375. The van der Waals surface area contributed by atoms with Gasteiger partial charge in [-0.2, -0.15) is 0 Å². The van der Waals surface area contributed by atoms with Crippen molar-refractivity contribution >= 4 is 21.4 Å². The molecule has 0 fully saturated rings. The van der Waals surface area contributed by atoms with E-state index >= 15 is 0 Å². The second-order valence-electron chi connectivity index (χ2n) is 4.24. The number of aliphatic hydroxyl groups is 1. The maximum Gasteiger partial charge on any atom is 0.119 e. The summed E-state index contributed by atoms with van der Waals surface area (Å²) in [7, 11) is 0. The minimum Gasteiger partial charge on any atom is -0.491 e. The quantitative estimate of drug-likeness (QED) is 0.778. The van der Waals surface area contributed by atoms with Gasteiger partial charge in [-0.05, 0) is 47.3 Å². The lowest BCUT2D eigenvalue weighted by Crippen LogP contribution is -2.01. The molecule has 96 valence electrons. The van der Waals surface area contributed by atoms with E-state index in [9.17, 15) is 0 Å². The predicted molar refractivity (Wildman–Crippen MR) is 79.8 cm³/mol. The average molecular weight is 270 g/mol. The van der Waals surface area contributed by atoms with E-state index in [2.05, 4.69) is 42.5 Å². The highest BCUT2D eigenvalue weighted by molar-refractivity contribution is 7.22. The molecule has 0 spiro atoms. The Morgan fingerprint density at radius 3 is 2.53 bits per heavy atom. The Hall–Kier alpha value is -1.84. The van der Waals surface area contributed by atoms with Gasteiger partial charge in [-0.15, -0.1) is 11.3 Å². The fourth-order valence-corrected chi connectivity index (χ4v) is 3.07. The zero-order valence-corrected chi connectivity index (χ0v) is 11.2. The molecule has 0 radical (unpaired) electrons. The van der Waals surface area contributed by atoms with Crippen molar-refractivity contribution in [2.75, 3.05) is 13.2 Å². The maximum atomic E-state index is 8.72. The molecule has 0 unspecified atom stereocenters. The van der Waals surface area contributed by atoms with E-state index in [-0.39, 0.29) is 6.61 Å². The number of hydrogen-bond donors (Lipinski definition) is 1. The van der Waals surface area contributed by atoms with Crippen LogP contribution in [0.15, 0.2) is 54.6 Å². The standard InChI is InChI=1S/C16H14O2S/c17-9-10-18-14-7-5-12(6-8-14)16-11-13-3-1-2-4-15(13)19-16/h1-8,11,17H,9-10H2. The van der Waals surface area contributed by atoms with Crippen LogP contribution in [0.25, 0.3) is 20.5 Å². The van der Waals surface area contributed by atoms with E-state index < -0.39 is 0 Å². The monoisotopic (exact) mass is 270 g/mol. The zero-order valence-electron chi connectivity index (χ0n) is 10.4. The van der Waals surface area contributed by atoms with Crippen molar-refractivity contribution in [2.24, 2.45) is 0 Å². The third-order valence-electron chi connectivity index (χ3n) is 2.92. The summed E-state index contributed by atoms with van der Waals surface area (Å²) >= 11 is 1.79. The minimum absolute atomic E-state index is 0.0397. The van der Waals surface area contributed by atoms with Crippen LogP contribution in [-0.2, 0) is 0 Å². The molecule has 0 aliphatic carbocycles. The first kappa shape index (κ1) is 12.2. The van der Waals surface area contributed by atoms with E-state index in [0.717, 1.165) is 5.75 Å². The third-order valence-corrected chi connectivity index (χ3v) is 4.09. The fraction of sp³-hybridized carbons (Fsp3) is 0.125. The molecule has 0 bridgehead atoms. The molecule has 3 heteroatoms. The van der Waals surface area contributed by atoms with Gasteiger partial charge in [-0.25, -0.2) is 0 Å². The van der Waals surface area contributed by atoms with E-state index in [0.29, 0.717) is 6.61 Å². The molecule has 1 aromatic heterocycles. The molecule has 3 rings (SSSR count). The molecule has 0 aliphatic rings. The topological polar surface area (TPSA) is 29.5 Å². The smallest absolute Gasteiger partial charge is 0.119 e. The summed E-state index contributed by atoms with van der Waals surface area (Å²) in [6, 6.07) is 18.6. The molecular formula is C16H14O2S. The number of rotatable bonds is 4. The first-order valence-corrected chi connectivity index (χ1v) is 7.01. The van der Waals surface area contributed by atoms with Crippen LogP contribution in [0.4, 0.5) is 0 Å². The molecular weight excluding hydrogens is 256 g/mol. The molecule has 0 atom stereocenters. The van der Waals surface area contributed by atoms with Gasteiger partial charge in [0.2, 0.25) is 0 Å². The highest BCUT2D eigenvalue weighted by Gasteiger charge is 2.04. The van der Waals surface area contributed by atoms with Gasteiger partial charge in [0.05, 0.1) is 6.61 Å². The Bertz CT molecular complexity index is 638. The average Bonchev–Trinajstić information content (AvgIpc) is 2.89. The van der Waals surface area contributed by atoms with Gasteiger partial charge >= 0.3 is 0 Å². The normalized spacial score (nSPS) is 10.8. The number of ether oxygens (including phenoxy) is 1. The zero-order chi connectivity index (χ0) is 13.1. The maximum absolute atomic E-state index is 8.72. The molecule has 0 aliphatic heterocycles. The van der Waals surface area contributed by atoms with Crippen molar-refractivity contribution < 1.29 is 9.84 Å². The van der Waals surface area contributed by atoms with E-state index in [1.807, 2.05) is 12.1 Å². The summed E-state index contributed by atoms with van der Waals surface area (Å²) in [5, 5.41) is 10.00. The lowest BCUT2D eigenvalue weighted by molar-refractivity contribution is 0.201. The van der Waals surface area contributed by atoms with Crippen LogP contribution in [0.5, 0.6) is 5.75 Å². The SMILES string of the molecule is OCCOc1ccc(-c2cc3ccccc3s2)cc1. The van der Waals surface area contributed by atoms with Crippen LogP contribution < -0.4 is 4.74 Å². The Balaban J connectivity index is 1.88. The highest BCUT2D eigenvalue weighted by atomic mass is 32.1. The first-order valence-electron chi connectivity index (χ1n) is 6.19. The van der Waals surface area contributed by atoms with Crippen molar-refractivity contribution in [3.05, 3.63) is 54.6 Å². The second kappa shape index (κ2) is 5.43. The summed E-state index contributed by atoms with van der Waals surface area (Å²) in [5.74, 6) is 0.791. The fourth-order valence-electron chi connectivity index (χ4n) is 2.00. The van der Waals surface area contributed by atoms with Crippen LogP contribution in [-0.4, -0.2) is 18.3 Å². The summed E-state index contributed by atoms with van der Waals surface area (Å²) in [6.07, 6.45) is 0. The number of benzene rings is 2. The van der Waals surface area contributed by atoms with Crippen molar-refractivity contribution in [1.82, 2.24) is 0 Å². The molecule has 0 saturated carbocycles. The molecule has 0 saturated heterocycles. The van der Waals surface area contributed by atoms with Crippen LogP contribution in [0.2, 0.25) is 0 Å². The molecule has 19 heavy (non-hydrogen) atoms. The van der Waals surface area contributed by atoms with Gasteiger partial charge < -0.3 is 9.84 Å². The molecule has 2 aromatic carbocycles. The van der Waals surface area contributed by atoms with Gasteiger partial charge in [0.25, 0.3) is 0 Å². The molecule has 2 nitrogen and oxygen atoms in total. The number of aliphatic hydroxyl groups excluding tert-OH is 1. The summed E-state index contributed by atoms with van der Waals surface area (Å²) < 4.78 is 6.66. The van der Waals surface area contributed by atoms with Crippen LogP contribution >= 0.6 is 11.3 Å². The van der Waals surface area contributed by atoms with Crippen molar-refractivity contribution in [3.63, 3.8) is 0 Å². The van der Waals surface area contributed by atoms with Gasteiger partial charge in [0.1, 0.15) is 12.4 Å². The molecule has 0 amide bonds. The first-order chi connectivity index (χ1) is 9.36. The number of thiophene rings is 1. The number of fused-ring (bicyclic) bond motifs is 1. The summed E-state index contributed by atoms with van der Waals surface area (Å²) in [5.41, 5.74) is 1.19. The van der Waals surface area contributed by atoms with Gasteiger partial charge in [0, 0.05) is 9.58 Å². The van der Waals surface area contributed by atoms with Gasteiger partial charge in [-0.3, -0.25) is 0 Å². The lowest BCUT2D eigenvalue weighted by atomic mass is 10.1. The third kappa shape index (κ3) is 2.62.